The first-order valence-electron chi connectivity index (χ1n) is 7.37. The molecule has 1 aromatic heterocycles. The van der Waals surface area contributed by atoms with Crippen molar-refractivity contribution >= 4 is 29.3 Å². The van der Waals surface area contributed by atoms with Crippen molar-refractivity contribution < 1.29 is 14.3 Å². The average molecular weight is 395 g/mol. The van der Waals surface area contributed by atoms with Crippen LogP contribution in [0.4, 0.5) is 0 Å². The molecule has 8 nitrogen and oxygen atoms in total. The third-order valence-electron chi connectivity index (χ3n) is 3.14. The highest BCUT2D eigenvalue weighted by atomic mass is 35.5. The van der Waals surface area contributed by atoms with Gasteiger partial charge in [0.25, 0.3) is 11.5 Å². The molecule has 0 unspecified atom stereocenters. The zero-order valence-electron chi connectivity index (χ0n) is 14.0. The fourth-order valence-electron chi connectivity index (χ4n) is 2.11. The van der Waals surface area contributed by atoms with E-state index in [0.717, 1.165) is 0 Å². The minimum atomic E-state index is -0.666. The maximum atomic E-state index is 12.1. The number of H-pyrrole nitrogens is 1. The van der Waals surface area contributed by atoms with Crippen molar-refractivity contribution in [1.29, 1.82) is 5.26 Å². The maximum absolute atomic E-state index is 12.1. The summed E-state index contributed by atoms with van der Waals surface area (Å²) in [6, 6.07) is 4.87. The zero-order chi connectivity index (χ0) is 19.3. The molecule has 1 amide bonds. The first-order chi connectivity index (χ1) is 12.4. The number of ether oxygens (including phenoxy) is 2. The highest BCUT2D eigenvalue weighted by Gasteiger charge is 2.19. The predicted octanol–water partition coefficient (Wildman–Crippen LogP) is 1.95. The number of nitrogens with two attached hydrogens (primary N) is 1. The number of hydrogen-bond acceptors (Lipinski definition) is 7. The molecule has 0 saturated heterocycles. The molecule has 1 heterocycles. The van der Waals surface area contributed by atoms with Gasteiger partial charge in [0.05, 0.1) is 17.3 Å². The van der Waals surface area contributed by atoms with Crippen LogP contribution in [0.25, 0.3) is 11.3 Å². The normalized spacial score (nSPS) is 10.2. The molecule has 3 N–H and O–H groups in total. The minimum Gasteiger partial charge on any atom is -0.490 e. The molecule has 1 aromatic carbocycles. The van der Waals surface area contributed by atoms with Crippen LogP contribution in [-0.2, 0) is 4.79 Å². The second-order valence-electron chi connectivity index (χ2n) is 4.88. The van der Waals surface area contributed by atoms with Gasteiger partial charge in [-0.25, -0.2) is 4.98 Å². The highest BCUT2D eigenvalue weighted by Crippen LogP contribution is 2.39. The van der Waals surface area contributed by atoms with E-state index in [2.05, 4.69) is 9.97 Å². The van der Waals surface area contributed by atoms with Crippen LogP contribution in [0, 0.1) is 11.3 Å². The van der Waals surface area contributed by atoms with Crippen LogP contribution >= 0.6 is 23.4 Å². The summed E-state index contributed by atoms with van der Waals surface area (Å²) in [6.45, 7) is 1.69. The number of halogens is 1. The van der Waals surface area contributed by atoms with Gasteiger partial charge in [-0.1, -0.05) is 23.4 Å². The number of carbonyl (C=O) groups excluding carboxylic acids is 1. The number of aromatic amines is 1. The molecular weight excluding hydrogens is 380 g/mol. The standard InChI is InChI=1S/C16H15ClN4O4S/c1-3-24-11-5-8(4-10(17)14(11)25-7-12(19)22)13-9(6-18)15(23)21-16(20-13)26-2/h4-5H,3,7H2,1-2H3,(H2,19,22)(H,20,21,23). The molecule has 0 fully saturated rings. The number of rotatable bonds is 7. The van der Waals surface area contributed by atoms with Crippen molar-refractivity contribution in [2.24, 2.45) is 5.73 Å². The number of primary amides is 1. The van der Waals surface area contributed by atoms with Crippen LogP contribution in [0.2, 0.25) is 5.02 Å². The van der Waals surface area contributed by atoms with Gasteiger partial charge in [-0.3, -0.25) is 9.59 Å². The number of nitriles is 1. The number of amides is 1. The van der Waals surface area contributed by atoms with Crippen molar-refractivity contribution in [1.82, 2.24) is 9.97 Å². The Morgan fingerprint density at radius 3 is 2.77 bits per heavy atom. The monoisotopic (exact) mass is 394 g/mol. The lowest BCUT2D eigenvalue weighted by Gasteiger charge is -2.15. The fourth-order valence-corrected chi connectivity index (χ4v) is 2.76. The lowest BCUT2D eigenvalue weighted by atomic mass is 10.1. The Kier molecular flexibility index (Phi) is 6.49. The average Bonchev–Trinajstić information content (AvgIpc) is 2.60. The number of carbonyl (C=O) groups is 1. The summed E-state index contributed by atoms with van der Waals surface area (Å²) in [7, 11) is 0. The van der Waals surface area contributed by atoms with Gasteiger partial charge in [0, 0.05) is 5.56 Å². The molecule has 136 valence electrons. The Morgan fingerprint density at radius 1 is 1.46 bits per heavy atom. The number of benzene rings is 1. The van der Waals surface area contributed by atoms with Crippen LogP contribution in [0.15, 0.2) is 22.1 Å². The van der Waals surface area contributed by atoms with E-state index < -0.39 is 11.5 Å². The Balaban J connectivity index is 2.65. The second-order valence-corrected chi connectivity index (χ2v) is 6.09. The van der Waals surface area contributed by atoms with Gasteiger partial charge in [-0.05, 0) is 25.3 Å². The first-order valence-corrected chi connectivity index (χ1v) is 8.97. The lowest BCUT2D eigenvalue weighted by molar-refractivity contribution is -0.119. The topological polar surface area (TPSA) is 131 Å². The summed E-state index contributed by atoms with van der Waals surface area (Å²) in [4.78, 5) is 29.9. The first kappa shape index (κ1) is 19.6. The zero-order valence-corrected chi connectivity index (χ0v) is 15.5. The number of aromatic nitrogens is 2. The number of thioether (sulfide) groups is 1. The van der Waals surface area contributed by atoms with Gasteiger partial charge >= 0.3 is 0 Å². The van der Waals surface area contributed by atoms with Crippen LogP contribution in [0.3, 0.4) is 0 Å². The van der Waals surface area contributed by atoms with E-state index in [1.54, 1.807) is 19.2 Å². The molecule has 26 heavy (non-hydrogen) atoms. The maximum Gasteiger partial charge on any atom is 0.270 e. The molecule has 0 bridgehead atoms. The third kappa shape index (κ3) is 4.28. The largest absolute Gasteiger partial charge is 0.490 e. The Hall–Kier alpha value is -2.70. The molecular formula is C16H15ClN4O4S. The SMILES string of the molecule is CCOc1cc(-c2nc(SC)[nH]c(=O)c2C#N)cc(Cl)c1OCC(N)=O. The number of nitrogens with zero attached hydrogens (tertiary/aromatic N) is 2. The van der Waals surface area contributed by atoms with E-state index in [1.165, 1.54) is 17.8 Å². The molecule has 0 aliphatic heterocycles. The highest BCUT2D eigenvalue weighted by molar-refractivity contribution is 7.98. The van der Waals surface area contributed by atoms with E-state index >= 15 is 0 Å². The van der Waals surface area contributed by atoms with Gasteiger partial charge in [-0.2, -0.15) is 5.26 Å². The van der Waals surface area contributed by atoms with Gasteiger partial charge in [0.2, 0.25) is 0 Å². The van der Waals surface area contributed by atoms with E-state index in [9.17, 15) is 14.9 Å². The van der Waals surface area contributed by atoms with Gasteiger partial charge < -0.3 is 20.2 Å². The van der Waals surface area contributed by atoms with Gasteiger partial charge in [0.15, 0.2) is 23.3 Å². The number of hydrogen-bond donors (Lipinski definition) is 2. The summed E-state index contributed by atoms with van der Waals surface area (Å²) in [5.41, 5.74) is 4.97. The summed E-state index contributed by atoms with van der Waals surface area (Å²) in [5.74, 6) is -0.280. The molecule has 2 rings (SSSR count). The van der Waals surface area contributed by atoms with Crippen molar-refractivity contribution in [2.75, 3.05) is 19.5 Å². The number of nitrogens with one attached hydrogen (secondary N) is 1. The predicted molar refractivity (Wildman–Crippen MR) is 97.7 cm³/mol. The summed E-state index contributed by atoms with van der Waals surface area (Å²) in [6.07, 6.45) is 1.74. The van der Waals surface area contributed by atoms with Crippen molar-refractivity contribution in [3.63, 3.8) is 0 Å². The van der Waals surface area contributed by atoms with E-state index in [-0.39, 0.29) is 34.4 Å². The second kappa shape index (κ2) is 8.60. The molecule has 0 saturated carbocycles. The lowest BCUT2D eigenvalue weighted by Crippen LogP contribution is -2.20. The molecule has 0 radical (unpaired) electrons. The van der Waals surface area contributed by atoms with E-state index in [0.29, 0.717) is 17.3 Å². The van der Waals surface area contributed by atoms with Crippen LogP contribution in [0.5, 0.6) is 11.5 Å². The molecule has 2 aromatic rings. The molecule has 0 aliphatic rings. The van der Waals surface area contributed by atoms with Crippen LogP contribution in [0.1, 0.15) is 12.5 Å². The van der Waals surface area contributed by atoms with Gasteiger partial charge in [-0.15, -0.1) is 0 Å². The van der Waals surface area contributed by atoms with Crippen molar-refractivity contribution in [2.45, 2.75) is 12.1 Å². The Morgan fingerprint density at radius 2 is 2.19 bits per heavy atom. The molecule has 0 aliphatic carbocycles. The van der Waals surface area contributed by atoms with Crippen molar-refractivity contribution in [3.05, 3.63) is 33.1 Å². The Bertz CT molecular complexity index is 939. The quantitative estimate of drug-likeness (QED) is 0.541. The van der Waals surface area contributed by atoms with Crippen LogP contribution in [-0.4, -0.2) is 35.3 Å². The summed E-state index contributed by atoms with van der Waals surface area (Å²) >= 11 is 7.48. The summed E-state index contributed by atoms with van der Waals surface area (Å²) < 4.78 is 10.8. The molecule has 0 atom stereocenters. The van der Waals surface area contributed by atoms with Gasteiger partial charge in [0.1, 0.15) is 11.6 Å². The molecule has 0 spiro atoms. The fraction of sp³-hybridized carbons (Fsp3) is 0.250. The third-order valence-corrected chi connectivity index (χ3v) is 4.01. The molecule has 10 heteroatoms. The van der Waals surface area contributed by atoms with E-state index in [4.69, 9.17) is 26.8 Å². The summed E-state index contributed by atoms with van der Waals surface area (Å²) in [5, 5.41) is 9.79. The van der Waals surface area contributed by atoms with E-state index in [1.807, 2.05) is 6.07 Å². The smallest absolute Gasteiger partial charge is 0.270 e. The minimum absolute atomic E-state index is 0.129. The van der Waals surface area contributed by atoms with Crippen LogP contribution < -0.4 is 20.8 Å². The Labute approximate surface area is 158 Å². The van der Waals surface area contributed by atoms with Crippen molar-refractivity contribution in [3.8, 4) is 28.8 Å².